The average Bonchev–Trinajstić information content (AvgIpc) is 2.33. The second kappa shape index (κ2) is 2.74. The number of aryl methyl sites for hydroxylation is 1. The van der Waals surface area contributed by atoms with Gasteiger partial charge in [-0.3, -0.25) is 0 Å². The van der Waals surface area contributed by atoms with Gasteiger partial charge in [-0.25, -0.2) is 0 Å². The summed E-state index contributed by atoms with van der Waals surface area (Å²) in [6.07, 6.45) is 3.04. The molecule has 0 fully saturated rings. The smallest absolute Gasteiger partial charge is 0.0436 e. The number of rotatable bonds is 2. The third kappa shape index (κ3) is 1.13. The molecule has 1 aromatic heterocycles. The van der Waals surface area contributed by atoms with Gasteiger partial charge in [0.05, 0.1) is 0 Å². The highest BCUT2D eigenvalue weighted by Gasteiger charge is 1.99. The third-order valence-electron chi connectivity index (χ3n) is 1.64. The van der Waals surface area contributed by atoms with Gasteiger partial charge in [0.2, 0.25) is 0 Å². The number of aromatic nitrogens is 1. The molecular formula is C9H13N. The molecule has 1 N–H and O–H groups in total. The van der Waals surface area contributed by atoms with Gasteiger partial charge in [0.25, 0.3) is 0 Å². The number of nitrogens with one attached hydrogen (secondary N) is 1. The van der Waals surface area contributed by atoms with Crippen molar-refractivity contribution in [3.8, 4) is 0 Å². The molecule has 1 nitrogen and oxygen atoms in total. The predicted octanol–water partition coefficient (Wildman–Crippen LogP) is 2.61. The minimum absolute atomic E-state index is 1.08. The Balaban J connectivity index is 3.01. The van der Waals surface area contributed by atoms with Crippen molar-refractivity contribution in [2.75, 3.05) is 0 Å². The highest BCUT2D eigenvalue weighted by Crippen LogP contribution is 2.14. The van der Waals surface area contributed by atoms with Gasteiger partial charge in [-0.1, -0.05) is 13.5 Å². The van der Waals surface area contributed by atoms with Crippen molar-refractivity contribution in [3.63, 3.8) is 0 Å². The van der Waals surface area contributed by atoms with Gasteiger partial charge in [-0.2, -0.15) is 0 Å². The van der Waals surface area contributed by atoms with Crippen LogP contribution in [0, 0.1) is 0 Å². The summed E-state index contributed by atoms with van der Waals surface area (Å²) in [4.78, 5) is 3.16. The lowest BCUT2D eigenvalue weighted by Gasteiger charge is -1.97. The SMILES string of the molecule is C=C(C)c1[nH]ccc1CC. The minimum Gasteiger partial charge on any atom is -0.361 e. The van der Waals surface area contributed by atoms with Gasteiger partial charge in [-0.15, -0.1) is 0 Å². The molecule has 0 aliphatic rings. The third-order valence-corrected chi connectivity index (χ3v) is 1.64. The van der Waals surface area contributed by atoms with Gasteiger partial charge < -0.3 is 4.98 Å². The van der Waals surface area contributed by atoms with Gasteiger partial charge >= 0.3 is 0 Å². The number of hydrogen-bond acceptors (Lipinski definition) is 0. The maximum absolute atomic E-state index is 3.87. The summed E-state index contributed by atoms with van der Waals surface area (Å²) in [5.74, 6) is 0. The van der Waals surface area contributed by atoms with Crippen molar-refractivity contribution < 1.29 is 0 Å². The second-order valence-corrected chi connectivity index (χ2v) is 2.51. The summed E-state index contributed by atoms with van der Waals surface area (Å²) in [7, 11) is 0. The fraction of sp³-hybridized carbons (Fsp3) is 0.333. The van der Waals surface area contributed by atoms with Gasteiger partial charge in [0, 0.05) is 11.9 Å². The zero-order chi connectivity index (χ0) is 7.56. The fourth-order valence-corrected chi connectivity index (χ4v) is 1.09. The molecule has 0 saturated heterocycles. The Bertz CT molecular complexity index is 233. The molecule has 0 aliphatic carbocycles. The molecule has 10 heavy (non-hydrogen) atoms. The monoisotopic (exact) mass is 135 g/mol. The van der Waals surface area contributed by atoms with E-state index in [0.717, 1.165) is 12.0 Å². The summed E-state index contributed by atoms with van der Waals surface area (Å²) in [5, 5.41) is 0. The molecule has 0 aromatic carbocycles. The summed E-state index contributed by atoms with van der Waals surface area (Å²) in [6.45, 7) is 8.04. The molecule has 0 atom stereocenters. The Morgan fingerprint density at radius 2 is 2.40 bits per heavy atom. The zero-order valence-corrected chi connectivity index (χ0v) is 6.57. The normalized spacial score (nSPS) is 9.80. The molecule has 0 radical (unpaired) electrons. The predicted molar refractivity (Wildman–Crippen MR) is 44.9 cm³/mol. The molecule has 0 spiro atoms. The zero-order valence-electron chi connectivity index (χ0n) is 6.57. The molecule has 0 saturated carbocycles. The maximum Gasteiger partial charge on any atom is 0.0436 e. The van der Waals surface area contributed by atoms with Crippen molar-refractivity contribution in [2.45, 2.75) is 20.3 Å². The van der Waals surface area contributed by atoms with Crippen molar-refractivity contribution in [1.29, 1.82) is 0 Å². The summed E-state index contributed by atoms with van der Waals surface area (Å²) < 4.78 is 0. The first-order valence-corrected chi connectivity index (χ1v) is 3.57. The average molecular weight is 135 g/mol. The van der Waals surface area contributed by atoms with Crippen LogP contribution in [-0.2, 0) is 6.42 Å². The minimum atomic E-state index is 1.08. The molecule has 1 heterocycles. The second-order valence-electron chi connectivity index (χ2n) is 2.51. The van der Waals surface area contributed by atoms with Crippen LogP contribution in [0.3, 0.4) is 0 Å². The first-order chi connectivity index (χ1) is 4.75. The quantitative estimate of drug-likeness (QED) is 0.641. The van der Waals surface area contributed by atoms with Gasteiger partial charge in [0.15, 0.2) is 0 Å². The van der Waals surface area contributed by atoms with Gasteiger partial charge in [0.1, 0.15) is 0 Å². The number of hydrogen-bond donors (Lipinski definition) is 1. The van der Waals surface area contributed by atoms with E-state index in [1.165, 1.54) is 11.3 Å². The first kappa shape index (κ1) is 7.13. The largest absolute Gasteiger partial charge is 0.361 e. The van der Waals surface area contributed by atoms with E-state index in [2.05, 4.69) is 24.6 Å². The van der Waals surface area contributed by atoms with Gasteiger partial charge in [-0.05, 0) is 30.5 Å². The Hall–Kier alpha value is -0.980. The molecule has 0 amide bonds. The lowest BCUT2D eigenvalue weighted by Crippen LogP contribution is -1.84. The van der Waals surface area contributed by atoms with Crippen molar-refractivity contribution >= 4 is 5.57 Å². The topological polar surface area (TPSA) is 15.8 Å². The van der Waals surface area contributed by atoms with Crippen LogP contribution >= 0.6 is 0 Å². The molecule has 1 heteroatoms. The Labute approximate surface area is 61.8 Å². The van der Waals surface area contributed by atoms with E-state index in [4.69, 9.17) is 0 Å². The molecule has 1 rings (SSSR count). The number of aromatic amines is 1. The molecule has 54 valence electrons. The van der Waals surface area contributed by atoms with Crippen LogP contribution in [0.4, 0.5) is 0 Å². The van der Waals surface area contributed by atoms with E-state index < -0.39 is 0 Å². The lowest BCUT2D eigenvalue weighted by molar-refractivity contribution is 1.13. The number of H-pyrrole nitrogens is 1. The molecular weight excluding hydrogens is 122 g/mol. The first-order valence-electron chi connectivity index (χ1n) is 3.57. The van der Waals surface area contributed by atoms with Crippen LogP contribution in [0.15, 0.2) is 18.8 Å². The Morgan fingerprint density at radius 1 is 1.70 bits per heavy atom. The highest BCUT2D eigenvalue weighted by atomic mass is 14.7. The van der Waals surface area contributed by atoms with E-state index >= 15 is 0 Å². The molecule has 0 bridgehead atoms. The van der Waals surface area contributed by atoms with E-state index in [0.29, 0.717) is 0 Å². The summed E-state index contributed by atoms with van der Waals surface area (Å²) >= 11 is 0. The van der Waals surface area contributed by atoms with E-state index in [1.54, 1.807) is 0 Å². The van der Waals surface area contributed by atoms with E-state index in [-0.39, 0.29) is 0 Å². The van der Waals surface area contributed by atoms with Crippen molar-refractivity contribution in [1.82, 2.24) is 4.98 Å². The van der Waals surface area contributed by atoms with Crippen LogP contribution in [0.25, 0.3) is 5.57 Å². The molecule has 0 unspecified atom stereocenters. The standard InChI is InChI=1S/C9H13N/c1-4-8-5-6-10-9(8)7(2)3/h5-6,10H,2,4H2,1,3H3. The maximum atomic E-state index is 3.87. The fourth-order valence-electron chi connectivity index (χ4n) is 1.09. The van der Waals surface area contributed by atoms with Crippen LogP contribution in [0.5, 0.6) is 0 Å². The number of allylic oxidation sites excluding steroid dienone is 1. The van der Waals surface area contributed by atoms with Crippen LogP contribution in [0.1, 0.15) is 25.1 Å². The van der Waals surface area contributed by atoms with Crippen LogP contribution in [0.2, 0.25) is 0 Å². The highest BCUT2D eigenvalue weighted by molar-refractivity contribution is 5.61. The molecule has 0 aliphatic heterocycles. The Morgan fingerprint density at radius 3 is 2.80 bits per heavy atom. The summed E-state index contributed by atoms with van der Waals surface area (Å²) in [6, 6.07) is 2.10. The molecule has 1 aromatic rings. The van der Waals surface area contributed by atoms with Crippen LogP contribution < -0.4 is 0 Å². The van der Waals surface area contributed by atoms with Crippen LogP contribution in [-0.4, -0.2) is 4.98 Å². The van der Waals surface area contributed by atoms with E-state index in [1.807, 2.05) is 13.1 Å². The Kier molecular flexibility index (Phi) is 1.95. The van der Waals surface area contributed by atoms with Crippen molar-refractivity contribution in [2.24, 2.45) is 0 Å². The lowest BCUT2D eigenvalue weighted by atomic mass is 10.1. The summed E-state index contributed by atoms with van der Waals surface area (Å²) in [5.41, 5.74) is 3.66. The van der Waals surface area contributed by atoms with E-state index in [9.17, 15) is 0 Å². The van der Waals surface area contributed by atoms with Crippen molar-refractivity contribution in [3.05, 3.63) is 30.1 Å².